The number of rotatable bonds is 7. The number of amides is 2. The van der Waals surface area contributed by atoms with Crippen molar-refractivity contribution in [1.82, 2.24) is 0 Å². The predicted octanol–water partition coefficient (Wildman–Crippen LogP) is 2.34. The lowest BCUT2D eigenvalue weighted by Crippen LogP contribution is -2.38. The van der Waals surface area contributed by atoms with Crippen LogP contribution in [0.1, 0.15) is 12.0 Å². The molecule has 1 aliphatic heterocycles. The lowest BCUT2D eigenvalue weighted by molar-refractivity contribution is -0.153. The van der Waals surface area contributed by atoms with E-state index in [4.69, 9.17) is 26.8 Å². The number of anilines is 1. The largest absolute Gasteiger partial charge is 0.492 e. The quantitative estimate of drug-likeness (QED) is 0.698. The first kappa shape index (κ1) is 20.7. The minimum absolute atomic E-state index is 0.00257. The summed E-state index contributed by atoms with van der Waals surface area (Å²) in [4.78, 5) is 37.6. The summed E-state index contributed by atoms with van der Waals surface area (Å²) in [6.45, 7) is -0.161. The molecule has 2 amide bonds. The summed E-state index contributed by atoms with van der Waals surface area (Å²) in [5.41, 5.74) is 6.62. The summed E-state index contributed by atoms with van der Waals surface area (Å²) in [7, 11) is 0. The van der Waals surface area contributed by atoms with Gasteiger partial charge >= 0.3 is 5.97 Å². The van der Waals surface area contributed by atoms with Crippen molar-refractivity contribution in [2.75, 3.05) is 24.7 Å². The number of nitrogens with zero attached hydrogens (tertiary/aromatic N) is 1. The summed E-state index contributed by atoms with van der Waals surface area (Å²) >= 11 is 6.00. The Labute approximate surface area is 173 Å². The van der Waals surface area contributed by atoms with Gasteiger partial charge in [-0.05, 0) is 42.3 Å². The zero-order valence-electron chi connectivity index (χ0n) is 15.7. The van der Waals surface area contributed by atoms with Gasteiger partial charge in [-0.15, -0.1) is 0 Å². The van der Waals surface area contributed by atoms with Gasteiger partial charge in [0.25, 0.3) is 5.91 Å². The van der Waals surface area contributed by atoms with Gasteiger partial charge in [-0.25, -0.2) is 0 Å². The molecule has 0 aliphatic carbocycles. The maximum Gasteiger partial charge on any atom is 0.313 e. The van der Waals surface area contributed by atoms with E-state index in [1.165, 1.54) is 4.90 Å². The van der Waals surface area contributed by atoms with Crippen LogP contribution >= 0.6 is 11.6 Å². The topological polar surface area (TPSA) is 98.9 Å². The minimum atomic E-state index is -0.524. The Morgan fingerprint density at radius 2 is 1.93 bits per heavy atom. The van der Waals surface area contributed by atoms with Crippen LogP contribution in [0.2, 0.25) is 5.02 Å². The number of nitrogens with two attached hydrogens (primary N) is 1. The number of hydrogen-bond donors (Lipinski definition) is 1. The van der Waals surface area contributed by atoms with Crippen molar-refractivity contribution >= 4 is 35.1 Å². The highest BCUT2D eigenvalue weighted by Gasteiger charge is 2.28. The highest BCUT2D eigenvalue weighted by Crippen LogP contribution is 2.30. The van der Waals surface area contributed by atoms with Crippen molar-refractivity contribution in [1.29, 1.82) is 0 Å². The third kappa shape index (κ3) is 5.48. The number of para-hydroxylation sites is 1. The number of esters is 1. The summed E-state index contributed by atoms with van der Waals surface area (Å²) in [5.74, 6) is -1.31. The summed E-state index contributed by atoms with van der Waals surface area (Å²) in [5, 5.41) is 0.560. The lowest BCUT2D eigenvalue weighted by Gasteiger charge is -2.25. The molecule has 1 atom stereocenters. The van der Waals surface area contributed by atoms with Crippen molar-refractivity contribution in [3.8, 4) is 5.75 Å². The standard InChI is InChI=1S/C21H21ClN2O5/c22-16-6-7-18-14(11-16)10-15(12-28-18)21(27)29-13-20(26)24(9-8-19(23)25)17-4-2-1-3-5-17/h1-7,11,15H,8-10,12-13H2,(H2,23,25). The van der Waals surface area contributed by atoms with Crippen molar-refractivity contribution in [2.45, 2.75) is 12.8 Å². The minimum Gasteiger partial charge on any atom is -0.492 e. The molecule has 8 heteroatoms. The summed E-state index contributed by atoms with van der Waals surface area (Å²) in [6.07, 6.45) is 0.426. The molecule has 2 aromatic carbocycles. The van der Waals surface area contributed by atoms with Gasteiger partial charge in [0, 0.05) is 23.7 Å². The van der Waals surface area contributed by atoms with Gasteiger partial charge in [0.2, 0.25) is 5.91 Å². The summed E-state index contributed by atoms with van der Waals surface area (Å²) in [6, 6.07) is 14.1. The van der Waals surface area contributed by atoms with Crippen LogP contribution < -0.4 is 15.4 Å². The molecule has 29 heavy (non-hydrogen) atoms. The molecular weight excluding hydrogens is 396 g/mol. The number of halogens is 1. The molecule has 0 saturated carbocycles. The molecular formula is C21H21ClN2O5. The van der Waals surface area contributed by atoms with Gasteiger partial charge in [0.15, 0.2) is 6.61 Å². The van der Waals surface area contributed by atoms with Crippen molar-refractivity contribution in [3.05, 3.63) is 59.1 Å². The molecule has 2 N–H and O–H groups in total. The van der Waals surface area contributed by atoms with Crippen LogP contribution in [-0.4, -0.2) is 37.5 Å². The van der Waals surface area contributed by atoms with Crippen LogP contribution in [0, 0.1) is 5.92 Å². The number of fused-ring (bicyclic) bond motifs is 1. The second-order valence-electron chi connectivity index (χ2n) is 6.67. The third-order valence-corrected chi connectivity index (χ3v) is 4.79. The molecule has 7 nitrogen and oxygen atoms in total. The van der Waals surface area contributed by atoms with E-state index in [1.807, 2.05) is 6.07 Å². The fourth-order valence-electron chi connectivity index (χ4n) is 3.07. The number of carbonyl (C=O) groups is 3. The van der Waals surface area contributed by atoms with Crippen LogP contribution in [0.15, 0.2) is 48.5 Å². The first-order chi connectivity index (χ1) is 13.9. The van der Waals surface area contributed by atoms with Crippen molar-refractivity contribution in [3.63, 3.8) is 0 Å². The fraction of sp³-hybridized carbons (Fsp3) is 0.286. The fourth-order valence-corrected chi connectivity index (χ4v) is 3.27. The Hall–Kier alpha value is -3.06. The zero-order chi connectivity index (χ0) is 20.8. The van der Waals surface area contributed by atoms with Gasteiger partial charge in [0.1, 0.15) is 12.4 Å². The molecule has 3 rings (SSSR count). The van der Waals surface area contributed by atoms with Crippen molar-refractivity contribution < 1.29 is 23.9 Å². The van der Waals surface area contributed by atoms with E-state index in [0.29, 0.717) is 22.9 Å². The molecule has 0 saturated heterocycles. The Bertz CT molecular complexity index is 903. The van der Waals surface area contributed by atoms with E-state index < -0.39 is 30.3 Å². The predicted molar refractivity (Wildman–Crippen MR) is 108 cm³/mol. The second kappa shape index (κ2) is 9.43. The van der Waals surface area contributed by atoms with Crippen molar-refractivity contribution in [2.24, 2.45) is 11.7 Å². The van der Waals surface area contributed by atoms with Gasteiger partial charge < -0.3 is 20.1 Å². The Morgan fingerprint density at radius 1 is 1.17 bits per heavy atom. The zero-order valence-corrected chi connectivity index (χ0v) is 16.4. The first-order valence-electron chi connectivity index (χ1n) is 9.15. The van der Waals surface area contributed by atoms with Crippen LogP contribution in [0.3, 0.4) is 0 Å². The Kier molecular flexibility index (Phi) is 6.72. The van der Waals surface area contributed by atoms with E-state index in [2.05, 4.69) is 0 Å². The molecule has 1 unspecified atom stereocenters. The molecule has 1 aliphatic rings. The molecule has 0 fully saturated rings. The van der Waals surface area contributed by atoms with E-state index >= 15 is 0 Å². The average molecular weight is 417 g/mol. The normalized spacial score (nSPS) is 15.0. The highest BCUT2D eigenvalue weighted by molar-refractivity contribution is 6.30. The molecule has 2 aromatic rings. The number of primary amides is 1. The SMILES string of the molecule is NC(=O)CCN(C(=O)COC(=O)C1COc2ccc(Cl)cc2C1)c1ccccc1. The maximum atomic E-state index is 12.6. The van der Waals surface area contributed by atoms with Crippen LogP contribution in [0.5, 0.6) is 5.75 Å². The Balaban J connectivity index is 1.60. The van der Waals surface area contributed by atoms with E-state index in [9.17, 15) is 14.4 Å². The van der Waals surface area contributed by atoms with Gasteiger partial charge in [-0.3, -0.25) is 14.4 Å². The molecule has 1 heterocycles. The maximum absolute atomic E-state index is 12.6. The molecule has 0 radical (unpaired) electrons. The number of carbonyl (C=O) groups excluding carboxylic acids is 3. The van der Waals surface area contributed by atoms with Gasteiger partial charge in [-0.1, -0.05) is 29.8 Å². The molecule has 0 bridgehead atoms. The van der Waals surface area contributed by atoms with Gasteiger partial charge in [-0.2, -0.15) is 0 Å². The van der Waals surface area contributed by atoms with E-state index in [1.54, 1.807) is 42.5 Å². The summed E-state index contributed by atoms with van der Waals surface area (Å²) < 4.78 is 10.8. The monoisotopic (exact) mass is 416 g/mol. The van der Waals surface area contributed by atoms with Gasteiger partial charge in [0.05, 0.1) is 5.92 Å². The highest BCUT2D eigenvalue weighted by atomic mass is 35.5. The number of hydrogen-bond acceptors (Lipinski definition) is 5. The Morgan fingerprint density at radius 3 is 2.66 bits per heavy atom. The first-order valence-corrected chi connectivity index (χ1v) is 9.53. The third-order valence-electron chi connectivity index (χ3n) is 4.55. The van der Waals surface area contributed by atoms with E-state index in [-0.39, 0.29) is 19.6 Å². The molecule has 152 valence electrons. The van der Waals surface area contributed by atoms with E-state index in [0.717, 1.165) is 5.56 Å². The molecule has 0 aromatic heterocycles. The van der Waals surface area contributed by atoms with Crippen LogP contribution in [0.25, 0.3) is 0 Å². The van der Waals surface area contributed by atoms with Crippen LogP contribution in [0.4, 0.5) is 5.69 Å². The lowest BCUT2D eigenvalue weighted by atomic mass is 9.97. The number of ether oxygens (including phenoxy) is 2. The second-order valence-corrected chi connectivity index (χ2v) is 7.11. The number of benzene rings is 2. The smallest absolute Gasteiger partial charge is 0.313 e. The molecule has 0 spiro atoms. The average Bonchev–Trinajstić information content (AvgIpc) is 2.72. The van der Waals surface area contributed by atoms with Crippen LogP contribution in [-0.2, 0) is 25.5 Å².